The molecule has 0 aliphatic carbocycles. The smallest absolute Gasteiger partial charge is 0.153 e. The minimum absolute atomic E-state index is 0.158. The highest BCUT2D eigenvalue weighted by atomic mass is 15.2. The van der Waals surface area contributed by atoms with Gasteiger partial charge in [-0.3, -0.25) is 5.10 Å². The van der Waals surface area contributed by atoms with Gasteiger partial charge in [-0.15, -0.1) is 0 Å². The van der Waals surface area contributed by atoms with Gasteiger partial charge < -0.3 is 5.73 Å². The Bertz CT molecular complexity index is 573. The Kier molecular flexibility index (Phi) is 3.17. The first kappa shape index (κ1) is 13.7. The van der Waals surface area contributed by atoms with Crippen molar-refractivity contribution >= 4 is 5.82 Å². The maximum absolute atomic E-state index is 5.99. The fraction of sp³-hybridized carbons (Fsp3) is 0.438. The quantitative estimate of drug-likeness (QED) is 0.814. The third-order valence-electron chi connectivity index (χ3n) is 3.62. The van der Waals surface area contributed by atoms with Gasteiger partial charge in [0.1, 0.15) is 0 Å². The number of aromatic amines is 1. The molecule has 0 spiro atoms. The molecule has 2 aromatic rings. The van der Waals surface area contributed by atoms with E-state index in [1.54, 1.807) is 0 Å². The average Bonchev–Trinajstić information content (AvgIpc) is 2.58. The fourth-order valence-electron chi connectivity index (χ4n) is 2.55. The van der Waals surface area contributed by atoms with Crippen LogP contribution in [0.25, 0.3) is 11.1 Å². The fourth-order valence-corrected chi connectivity index (χ4v) is 2.55. The summed E-state index contributed by atoms with van der Waals surface area (Å²) in [5, 5.41) is 7.06. The molecular formula is C16H23N3. The number of nitrogens with two attached hydrogens (primary N) is 1. The molecule has 3 nitrogen and oxygen atoms in total. The summed E-state index contributed by atoms with van der Waals surface area (Å²) in [5.74, 6) is 0.576. The number of hydrogen-bond acceptors (Lipinski definition) is 2. The molecule has 0 amide bonds. The van der Waals surface area contributed by atoms with Gasteiger partial charge in [0, 0.05) is 11.3 Å². The van der Waals surface area contributed by atoms with E-state index in [0.29, 0.717) is 5.82 Å². The van der Waals surface area contributed by atoms with E-state index < -0.39 is 0 Å². The molecule has 2 rings (SSSR count). The maximum Gasteiger partial charge on any atom is 0.153 e. The Morgan fingerprint density at radius 1 is 1.00 bits per heavy atom. The lowest BCUT2D eigenvalue weighted by Gasteiger charge is -2.22. The van der Waals surface area contributed by atoms with Crippen LogP contribution >= 0.6 is 0 Å². The molecule has 0 unspecified atom stereocenters. The first-order valence-electron chi connectivity index (χ1n) is 6.64. The summed E-state index contributed by atoms with van der Waals surface area (Å²) in [6.07, 6.45) is 0. The molecule has 1 aromatic carbocycles. The molecule has 1 aromatic heterocycles. The van der Waals surface area contributed by atoms with Crippen LogP contribution in [0.15, 0.2) is 12.1 Å². The average molecular weight is 257 g/mol. The number of nitrogens with zero attached hydrogens (tertiary/aromatic N) is 1. The van der Waals surface area contributed by atoms with Gasteiger partial charge in [-0.1, -0.05) is 32.9 Å². The lowest BCUT2D eigenvalue weighted by atomic mass is 9.82. The lowest BCUT2D eigenvalue weighted by molar-refractivity contribution is 0.589. The Labute approximate surface area is 115 Å². The lowest BCUT2D eigenvalue weighted by Crippen LogP contribution is -2.12. The van der Waals surface area contributed by atoms with Gasteiger partial charge >= 0.3 is 0 Å². The van der Waals surface area contributed by atoms with E-state index in [1.165, 1.54) is 22.3 Å². The Hall–Kier alpha value is -1.77. The van der Waals surface area contributed by atoms with Crippen LogP contribution in [-0.4, -0.2) is 10.2 Å². The van der Waals surface area contributed by atoms with Crippen molar-refractivity contribution in [3.63, 3.8) is 0 Å². The van der Waals surface area contributed by atoms with Crippen molar-refractivity contribution in [3.05, 3.63) is 34.5 Å². The van der Waals surface area contributed by atoms with Crippen molar-refractivity contribution < 1.29 is 0 Å². The topological polar surface area (TPSA) is 54.7 Å². The Balaban J connectivity index is 2.68. The molecule has 102 valence electrons. The summed E-state index contributed by atoms with van der Waals surface area (Å²) in [5.41, 5.74) is 13.3. The second-order valence-electron chi connectivity index (χ2n) is 6.34. The molecule has 3 heteroatoms. The number of rotatable bonds is 1. The molecule has 0 atom stereocenters. The van der Waals surface area contributed by atoms with E-state index in [-0.39, 0.29) is 5.41 Å². The van der Waals surface area contributed by atoms with Crippen molar-refractivity contribution in [3.8, 4) is 11.1 Å². The van der Waals surface area contributed by atoms with E-state index >= 15 is 0 Å². The molecule has 1 heterocycles. The van der Waals surface area contributed by atoms with Gasteiger partial charge in [0.05, 0.1) is 0 Å². The number of anilines is 1. The molecule has 0 fully saturated rings. The molecule has 0 saturated carbocycles. The van der Waals surface area contributed by atoms with Crippen molar-refractivity contribution in [1.29, 1.82) is 0 Å². The molecule has 3 N–H and O–H groups in total. The highest BCUT2D eigenvalue weighted by Gasteiger charge is 2.19. The molecule has 0 bridgehead atoms. The summed E-state index contributed by atoms with van der Waals surface area (Å²) in [7, 11) is 0. The molecular weight excluding hydrogens is 234 g/mol. The predicted octanol–water partition coefficient (Wildman–Crippen LogP) is 3.88. The summed E-state index contributed by atoms with van der Waals surface area (Å²) in [4.78, 5) is 0. The summed E-state index contributed by atoms with van der Waals surface area (Å²) in [6, 6.07) is 4.52. The number of hydrogen-bond donors (Lipinski definition) is 2. The van der Waals surface area contributed by atoms with E-state index in [9.17, 15) is 0 Å². The van der Waals surface area contributed by atoms with E-state index in [2.05, 4.69) is 56.9 Å². The minimum atomic E-state index is 0.158. The molecule has 19 heavy (non-hydrogen) atoms. The predicted molar refractivity (Wildman–Crippen MR) is 81.3 cm³/mol. The minimum Gasteiger partial charge on any atom is -0.382 e. The van der Waals surface area contributed by atoms with Crippen LogP contribution in [0.5, 0.6) is 0 Å². The van der Waals surface area contributed by atoms with Gasteiger partial charge in [-0.2, -0.15) is 5.10 Å². The largest absolute Gasteiger partial charge is 0.382 e. The summed E-state index contributed by atoms with van der Waals surface area (Å²) < 4.78 is 0. The van der Waals surface area contributed by atoms with Gasteiger partial charge in [0.15, 0.2) is 5.82 Å². The van der Waals surface area contributed by atoms with Crippen molar-refractivity contribution in [1.82, 2.24) is 10.2 Å². The molecule has 0 saturated heterocycles. The van der Waals surface area contributed by atoms with Crippen LogP contribution in [0, 0.1) is 20.8 Å². The van der Waals surface area contributed by atoms with Crippen LogP contribution in [-0.2, 0) is 5.41 Å². The number of nitrogen functional groups attached to an aromatic ring is 1. The van der Waals surface area contributed by atoms with Gasteiger partial charge in [0.2, 0.25) is 0 Å². The highest BCUT2D eigenvalue weighted by molar-refractivity contribution is 5.81. The van der Waals surface area contributed by atoms with Crippen LogP contribution < -0.4 is 5.73 Å². The van der Waals surface area contributed by atoms with Gasteiger partial charge in [0.25, 0.3) is 0 Å². The number of aromatic nitrogens is 2. The molecule has 0 aliphatic heterocycles. The van der Waals surface area contributed by atoms with Crippen LogP contribution in [0.2, 0.25) is 0 Å². The first-order chi connectivity index (χ1) is 8.71. The SMILES string of the molecule is Cc1cc(C(C)(C)C)cc(C)c1-c1c(N)n[nH]c1C. The zero-order valence-electron chi connectivity index (χ0n) is 12.7. The number of nitrogens with one attached hydrogen (secondary N) is 1. The van der Waals surface area contributed by atoms with Crippen LogP contribution in [0.3, 0.4) is 0 Å². The highest BCUT2D eigenvalue weighted by Crippen LogP contribution is 2.36. The Morgan fingerprint density at radius 3 is 1.89 bits per heavy atom. The van der Waals surface area contributed by atoms with Crippen LogP contribution in [0.4, 0.5) is 5.82 Å². The number of aryl methyl sites for hydroxylation is 3. The maximum atomic E-state index is 5.99. The van der Waals surface area contributed by atoms with Crippen molar-refractivity contribution in [2.45, 2.75) is 47.0 Å². The summed E-state index contributed by atoms with van der Waals surface area (Å²) in [6.45, 7) is 13.0. The monoisotopic (exact) mass is 257 g/mol. The second kappa shape index (κ2) is 4.41. The second-order valence-corrected chi connectivity index (χ2v) is 6.34. The summed E-state index contributed by atoms with van der Waals surface area (Å²) >= 11 is 0. The Morgan fingerprint density at radius 2 is 1.53 bits per heavy atom. The molecule has 0 aliphatic rings. The number of H-pyrrole nitrogens is 1. The van der Waals surface area contributed by atoms with E-state index in [1.807, 2.05) is 6.92 Å². The van der Waals surface area contributed by atoms with E-state index in [4.69, 9.17) is 5.73 Å². The normalized spacial score (nSPS) is 11.9. The zero-order valence-corrected chi connectivity index (χ0v) is 12.7. The number of benzene rings is 1. The zero-order chi connectivity index (χ0) is 14.4. The third-order valence-corrected chi connectivity index (χ3v) is 3.62. The van der Waals surface area contributed by atoms with Crippen molar-refractivity contribution in [2.24, 2.45) is 0 Å². The standard InChI is InChI=1S/C16H23N3/c1-9-7-12(16(4,5)6)8-10(2)13(9)14-11(3)18-19-15(14)17/h7-8H,1-6H3,(H3,17,18,19). The van der Waals surface area contributed by atoms with Crippen LogP contribution in [0.1, 0.15) is 43.2 Å². The molecule has 0 radical (unpaired) electrons. The van der Waals surface area contributed by atoms with Crippen molar-refractivity contribution in [2.75, 3.05) is 5.73 Å². The first-order valence-corrected chi connectivity index (χ1v) is 6.64. The third kappa shape index (κ3) is 2.37. The van der Waals surface area contributed by atoms with Gasteiger partial charge in [-0.05, 0) is 48.4 Å². The van der Waals surface area contributed by atoms with Gasteiger partial charge in [-0.25, -0.2) is 0 Å². The van der Waals surface area contributed by atoms with E-state index in [0.717, 1.165) is 11.3 Å².